The van der Waals surface area contributed by atoms with Crippen molar-refractivity contribution in [2.45, 2.75) is 25.3 Å². The van der Waals surface area contributed by atoms with Gasteiger partial charge < -0.3 is 14.8 Å². The van der Waals surface area contributed by atoms with E-state index in [-0.39, 0.29) is 12.3 Å². The molecule has 1 aliphatic heterocycles. The van der Waals surface area contributed by atoms with Gasteiger partial charge in [0.1, 0.15) is 17.8 Å². The van der Waals surface area contributed by atoms with E-state index in [0.29, 0.717) is 23.7 Å². The first-order valence-corrected chi connectivity index (χ1v) is 9.20. The minimum Gasteiger partial charge on any atom is -0.356 e. The first-order chi connectivity index (χ1) is 13.2. The predicted molar refractivity (Wildman–Crippen MR) is 96.8 cm³/mol. The van der Waals surface area contributed by atoms with Gasteiger partial charge in [0, 0.05) is 32.4 Å². The summed E-state index contributed by atoms with van der Waals surface area (Å²) in [5.74, 6) is 2.58. The van der Waals surface area contributed by atoms with Crippen molar-refractivity contribution < 1.29 is 4.79 Å². The molecule has 1 saturated heterocycles. The second-order valence-corrected chi connectivity index (χ2v) is 7.50. The van der Waals surface area contributed by atoms with Crippen LogP contribution in [0.5, 0.6) is 0 Å². The molecule has 2 aliphatic rings. The number of hydrogen-bond acceptors (Lipinski definition) is 7. The number of hydrogen-bond donors (Lipinski definition) is 2. The van der Waals surface area contributed by atoms with Gasteiger partial charge in [0.15, 0.2) is 5.82 Å². The van der Waals surface area contributed by atoms with Crippen LogP contribution in [0.4, 0.5) is 5.82 Å². The SMILES string of the molecule is CN(c1ncnc2[nH]ccc12)C1C[C@@H]2CN(C(=O)Cc3nn[nH]n3)C[C@@H]2C1. The molecule has 3 atom stereocenters. The van der Waals surface area contributed by atoms with E-state index in [1.807, 2.05) is 17.2 Å². The Hall–Kier alpha value is -3.04. The number of anilines is 1. The molecule has 1 amide bonds. The summed E-state index contributed by atoms with van der Waals surface area (Å²) in [5, 5.41) is 14.7. The molecule has 0 radical (unpaired) electrons. The molecule has 1 unspecified atom stereocenters. The third-order valence-electron chi connectivity index (χ3n) is 5.99. The lowest BCUT2D eigenvalue weighted by Gasteiger charge is -2.28. The largest absolute Gasteiger partial charge is 0.356 e. The number of aromatic amines is 2. The first kappa shape index (κ1) is 16.2. The highest BCUT2D eigenvalue weighted by molar-refractivity contribution is 5.87. The van der Waals surface area contributed by atoms with Gasteiger partial charge in [0.25, 0.3) is 0 Å². The highest BCUT2D eigenvalue weighted by atomic mass is 16.2. The van der Waals surface area contributed by atoms with E-state index in [2.05, 4.69) is 47.5 Å². The van der Waals surface area contributed by atoms with Crippen LogP contribution < -0.4 is 4.90 Å². The molecule has 4 heterocycles. The molecule has 3 aromatic rings. The molecule has 0 bridgehead atoms. The third kappa shape index (κ3) is 2.81. The zero-order chi connectivity index (χ0) is 18.4. The second kappa shape index (κ2) is 6.29. The van der Waals surface area contributed by atoms with Gasteiger partial charge in [-0.05, 0) is 30.7 Å². The van der Waals surface area contributed by atoms with Gasteiger partial charge in [-0.2, -0.15) is 5.21 Å². The maximum absolute atomic E-state index is 12.5. The maximum atomic E-state index is 12.5. The molecule has 0 spiro atoms. The van der Waals surface area contributed by atoms with E-state index >= 15 is 0 Å². The fourth-order valence-corrected chi connectivity index (χ4v) is 4.60. The van der Waals surface area contributed by atoms with Crippen molar-refractivity contribution >= 4 is 22.8 Å². The fourth-order valence-electron chi connectivity index (χ4n) is 4.60. The smallest absolute Gasteiger partial charge is 0.230 e. The molecule has 0 aromatic carbocycles. The molecule has 2 N–H and O–H groups in total. The molecule has 10 nitrogen and oxygen atoms in total. The highest BCUT2D eigenvalue weighted by Gasteiger charge is 2.43. The quantitative estimate of drug-likeness (QED) is 0.684. The zero-order valence-electron chi connectivity index (χ0n) is 15.0. The average Bonchev–Trinajstić information content (AvgIpc) is 3.42. The summed E-state index contributed by atoms with van der Waals surface area (Å²) in [7, 11) is 2.11. The van der Waals surface area contributed by atoms with Gasteiger partial charge >= 0.3 is 0 Å². The summed E-state index contributed by atoms with van der Waals surface area (Å²) >= 11 is 0. The van der Waals surface area contributed by atoms with E-state index in [0.717, 1.165) is 42.8 Å². The van der Waals surface area contributed by atoms with Crippen LogP contribution in [0.1, 0.15) is 18.7 Å². The molecule has 2 fully saturated rings. The number of aromatic nitrogens is 7. The third-order valence-corrected chi connectivity index (χ3v) is 5.99. The van der Waals surface area contributed by atoms with E-state index in [1.54, 1.807) is 6.33 Å². The molecular formula is C17H21N9O. The molecule has 3 aromatic heterocycles. The number of nitrogens with zero attached hydrogens (tertiary/aromatic N) is 7. The van der Waals surface area contributed by atoms with Crippen LogP contribution in [0.3, 0.4) is 0 Å². The van der Waals surface area contributed by atoms with E-state index in [1.165, 1.54) is 0 Å². The number of fused-ring (bicyclic) bond motifs is 2. The van der Waals surface area contributed by atoms with Crippen LogP contribution in [-0.2, 0) is 11.2 Å². The maximum Gasteiger partial charge on any atom is 0.230 e. The van der Waals surface area contributed by atoms with Crippen molar-refractivity contribution in [2.24, 2.45) is 11.8 Å². The summed E-state index contributed by atoms with van der Waals surface area (Å²) < 4.78 is 0. The monoisotopic (exact) mass is 367 g/mol. The van der Waals surface area contributed by atoms with Crippen LogP contribution >= 0.6 is 0 Å². The standard InChI is InChI=1S/C17H21N9O/c1-25(17-13-2-3-18-16(13)19-9-20-17)12-4-10-7-26(8-11(10)5-12)15(27)6-14-21-23-24-22-14/h2-3,9-12H,4-8H2,1H3,(H,18,19,20)(H,21,22,23,24)/t10-,11+,12?. The van der Waals surface area contributed by atoms with Crippen LogP contribution in [-0.4, -0.2) is 72.6 Å². The summed E-state index contributed by atoms with van der Waals surface area (Å²) in [6.07, 6.45) is 5.86. The van der Waals surface area contributed by atoms with Crippen molar-refractivity contribution in [3.63, 3.8) is 0 Å². The van der Waals surface area contributed by atoms with Crippen molar-refractivity contribution in [3.8, 4) is 0 Å². The summed E-state index contributed by atoms with van der Waals surface area (Å²) in [6.45, 7) is 1.63. The Bertz CT molecular complexity index is 938. The van der Waals surface area contributed by atoms with Gasteiger partial charge in [-0.3, -0.25) is 4.79 Å². The lowest BCUT2D eigenvalue weighted by molar-refractivity contribution is -0.129. The fraction of sp³-hybridized carbons (Fsp3) is 0.529. The highest BCUT2D eigenvalue weighted by Crippen LogP contribution is 2.41. The summed E-state index contributed by atoms with van der Waals surface area (Å²) in [6, 6.07) is 2.46. The second-order valence-electron chi connectivity index (χ2n) is 7.50. The van der Waals surface area contributed by atoms with Crippen molar-refractivity contribution in [3.05, 3.63) is 24.4 Å². The molecule has 1 aliphatic carbocycles. The molecule has 27 heavy (non-hydrogen) atoms. The molecule has 140 valence electrons. The average molecular weight is 367 g/mol. The number of rotatable bonds is 4. The number of likely N-dealkylation sites (tertiary alicyclic amines) is 1. The first-order valence-electron chi connectivity index (χ1n) is 9.20. The normalized spacial score (nSPS) is 24.5. The van der Waals surface area contributed by atoms with Gasteiger partial charge in [-0.25, -0.2) is 9.97 Å². The van der Waals surface area contributed by atoms with Crippen LogP contribution in [0, 0.1) is 11.8 Å². The number of H-pyrrole nitrogens is 2. The van der Waals surface area contributed by atoms with Crippen molar-refractivity contribution in [1.82, 2.24) is 40.5 Å². The van der Waals surface area contributed by atoms with E-state index < -0.39 is 0 Å². The lowest BCUT2D eigenvalue weighted by atomic mass is 10.0. The zero-order valence-corrected chi connectivity index (χ0v) is 15.0. The van der Waals surface area contributed by atoms with E-state index in [9.17, 15) is 4.79 Å². The van der Waals surface area contributed by atoms with Crippen molar-refractivity contribution in [2.75, 3.05) is 25.0 Å². The van der Waals surface area contributed by atoms with Crippen LogP contribution in [0.2, 0.25) is 0 Å². The molecule has 1 saturated carbocycles. The Morgan fingerprint density at radius 2 is 2.11 bits per heavy atom. The Morgan fingerprint density at radius 1 is 1.30 bits per heavy atom. The molecule has 5 rings (SSSR count). The minimum absolute atomic E-state index is 0.0838. The van der Waals surface area contributed by atoms with Gasteiger partial charge in [-0.15, -0.1) is 10.2 Å². The van der Waals surface area contributed by atoms with Crippen LogP contribution in [0.15, 0.2) is 18.6 Å². The minimum atomic E-state index is 0.0838. The predicted octanol–water partition coefficient (Wildman–Crippen LogP) is 0.387. The van der Waals surface area contributed by atoms with Crippen molar-refractivity contribution in [1.29, 1.82) is 0 Å². The number of amides is 1. The number of nitrogens with one attached hydrogen (secondary N) is 2. The lowest BCUT2D eigenvalue weighted by Crippen LogP contribution is -2.35. The number of tetrazole rings is 1. The van der Waals surface area contributed by atoms with Gasteiger partial charge in [0.2, 0.25) is 5.91 Å². The Labute approximate surface area is 155 Å². The summed E-state index contributed by atoms with van der Waals surface area (Å²) in [4.78, 5) is 28.6. The number of carbonyl (C=O) groups excluding carboxylic acids is 1. The van der Waals surface area contributed by atoms with Gasteiger partial charge in [-0.1, -0.05) is 5.21 Å². The van der Waals surface area contributed by atoms with Crippen LogP contribution in [0.25, 0.3) is 11.0 Å². The number of carbonyl (C=O) groups is 1. The van der Waals surface area contributed by atoms with E-state index in [4.69, 9.17) is 0 Å². The topological polar surface area (TPSA) is 120 Å². The van der Waals surface area contributed by atoms with Gasteiger partial charge in [0.05, 0.1) is 11.8 Å². The molecular weight excluding hydrogens is 346 g/mol. The molecule has 10 heteroatoms. The Balaban J connectivity index is 1.24. The Kier molecular flexibility index (Phi) is 3.76. The summed E-state index contributed by atoms with van der Waals surface area (Å²) in [5.41, 5.74) is 0.864. The Morgan fingerprint density at radius 3 is 2.85 bits per heavy atom.